The van der Waals surface area contributed by atoms with Gasteiger partial charge in [0.25, 0.3) is 5.91 Å². The minimum absolute atomic E-state index is 0.0146. The minimum atomic E-state index is -0.599. The Morgan fingerprint density at radius 1 is 1.32 bits per heavy atom. The van der Waals surface area contributed by atoms with E-state index in [4.69, 9.17) is 14.6 Å². The number of aliphatic imine (C=N–C) groups is 1. The van der Waals surface area contributed by atoms with Gasteiger partial charge >= 0.3 is 5.97 Å². The van der Waals surface area contributed by atoms with Crippen LogP contribution in [0.15, 0.2) is 62.7 Å². The molecule has 0 saturated heterocycles. The van der Waals surface area contributed by atoms with E-state index in [0.717, 1.165) is 5.04 Å². The maximum atomic E-state index is 12.3. The predicted octanol–water partition coefficient (Wildman–Crippen LogP) is 3.53. The molecule has 0 radical (unpaired) electrons. The fourth-order valence-electron chi connectivity index (χ4n) is 2.53. The number of hydrazone groups is 1. The van der Waals surface area contributed by atoms with Gasteiger partial charge in [-0.25, -0.2) is 4.79 Å². The van der Waals surface area contributed by atoms with Crippen LogP contribution >= 0.6 is 11.8 Å². The van der Waals surface area contributed by atoms with Gasteiger partial charge in [-0.2, -0.15) is 15.1 Å². The molecule has 0 spiro atoms. The lowest BCUT2D eigenvalue weighted by atomic mass is 10.1. The van der Waals surface area contributed by atoms with Crippen molar-refractivity contribution in [2.24, 2.45) is 10.1 Å². The highest BCUT2D eigenvalue weighted by Gasteiger charge is 2.35. The third kappa shape index (κ3) is 3.39. The van der Waals surface area contributed by atoms with Crippen molar-refractivity contribution in [2.45, 2.75) is 13.3 Å². The van der Waals surface area contributed by atoms with E-state index in [1.54, 1.807) is 36.4 Å². The van der Waals surface area contributed by atoms with Crippen molar-refractivity contribution in [3.63, 3.8) is 0 Å². The molecule has 28 heavy (non-hydrogen) atoms. The average molecular weight is 394 g/mol. The van der Waals surface area contributed by atoms with Gasteiger partial charge < -0.3 is 9.15 Å². The molecule has 0 bridgehead atoms. The fraction of sp³-hybridized carbons (Fsp3) is 0.105. The Kier molecular flexibility index (Phi) is 4.66. The first-order chi connectivity index (χ1) is 13.5. The molecule has 0 atom stereocenters. The summed E-state index contributed by atoms with van der Waals surface area (Å²) in [6.07, 6.45) is 3.66. The summed E-state index contributed by atoms with van der Waals surface area (Å²) in [5, 5.41) is 15.2. The zero-order valence-corrected chi connectivity index (χ0v) is 15.5. The maximum absolute atomic E-state index is 12.3. The quantitative estimate of drug-likeness (QED) is 0.483. The number of amides is 1. The Labute approximate surface area is 164 Å². The number of hydrogen-bond donors (Lipinski definition) is 1. The van der Waals surface area contributed by atoms with Crippen LogP contribution in [0.1, 0.15) is 29.5 Å². The van der Waals surface area contributed by atoms with Crippen LogP contribution in [-0.2, 0) is 4.79 Å². The summed E-state index contributed by atoms with van der Waals surface area (Å²) >= 11 is 1.30. The molecule has 2 aromatic rings. The molecule has 140 valence electrons. The number of furan rings is 1. The molecule has 3 heterocycles. The first-order valence-corrected chi connectivity index (χ1v) is 9.21. The molecule has 1 aromatic carbocycles. The summed E-state index contributed by atoms with van der Waals surface area (Å²) < 4.78 is 10.2. The average Bonchev–Trinajstić information content (AvgIpc) is 3.36. The van der Waals surface area contributed by atoms with E-state index in [-0.39, 0.29) is 17.2 Å². The SMILES string of the molecule is CCC1=NN2C(=N)/C(=C/c3ccc(OC(=O)c4ccco4)cc3)C(=O)N=C2S1. The van der Waals surface area contributed by atoms with Gasteiger partial charge in [-0.15, -0.1) is 0 Å². The summed E-state index contributed by atoms with van der Waals surface area (Å²) in [7, 11) is 0. The van der Waals surface area contributed by atoms with Gasteiger partial charge in [0.15, 0.2) is 5.84 Å². The van der Waals surface area contributed by atoms with E-state index < -0.39 is 11.9 Å². The topological polar surface area (TPSA) is 108 Å². The van der Waals surface area contributed by atoms with Gasteiger partial charge in [-0.05, 0) is 54.1 Å². The molecule has 9 heteroatoms. The van der Waals surface area contributed by atoms with Gasteiger partial charge in [0, 0.05) is 0 Å². The van der Waals surface area contributed by atoms with Crippen molar-refractivity contribution < 1.29 is 18.7 Å². The lowest BCUT2D eigenvalue weighted by Gasteiger charge is -2.20. The molecule has 1 aromatic heterocycles. The van der Waals surface area contributed by atoms with Gasteiger partial charge in [0.05, 0.1) is 11.8 Å². The Hall–Kier alpha value is -3.46. The van der Waals surface area contributed by atoms with Crippen LogP contribution in [0, 0.1) is 5.41 Å². The Morgan fingerprint density at radius 2 is 2.11 bits per heavy atom. The van der Waals surface area contributed by atoms with Crippen molar-refractivity contribution in [1.82, 2.24) is 5.01 Å². The van der Waals surface area contributed by atoms with E-state index in [2.05, 4.69) is 10.1 Å². The number of benzene rings is 1. The molecular formula is C19H14N4O4S. The lowest BCUT2D eigenvalue weighted by molar-refractivity contribution is -0.114. The van der Waals surface area contributed by atoms with Crippen LogP contribution in [0.4, 0.5) is 0 Å². The molecule has 0 saturated carbocycles. The molecule has 0 fully saturated rings. The van der Waals surface area contributed by atoms with E-state index in [9.17, 15) is 9.59 Å². The van der Waals surface area contributed by atoms with Crippen LogP contribution in [0.3, 0.4) is 0 Å². The monoisotopic (exact) mass is 394 g/mol. The number of carbonyl (C=O) groups is 2. The van der Waals surface area contributed by atoms with Crippen LogP contribution in [0.25, 0.3) is 6.08 Å². The highest BCUT2D eigenvalue weighted by Crippen LogP contribution is 2.29. The van der Waals surface area contributed by atoms with Crippen LogP contribution < -0.4 is 4.74 Å². The van der Waals surface area contributed by atoms with E-state index in [1.807, 2.05) is 6.92 Å². The molecule has 1 amide bonds. The Balaban J connectivity index is 1.53. The second kappa shape index (κ2) is 7.28. The third-order valence-electron chi connectivity index (χ3n) is 3.92. The molecule has 1 N–H and O–H groups in total. The first-order valence-electron chi connectivity index (χ1n) is 8.40. The second-order valence-corrected chi connectivity index (χ2v) is 6.84. The number of nitrogens with one attached hydrogen (secondary N) is 1. The van der Waals surface area contributed by atoms with E-state index in [1.165, 1.54) is 29.1 Å². The summed E-state index contributed by atoms with van der Waals surface area (Å²) in [5.41, 5.74) is 0.807. The summed E-state index contributed by atoms with van der Waals surface area (Å²) in [4.78, 5) is 28.2. The first kappa shape index (κ1) is 17.9. The summed E-state index contributed by atoms with van der Waals surface area (Å²) in [6, 6.07) is 9.66. The molecule has 4 rings (SSSR count). The number of thioether (sulfide) groups is 1. The molecule has 0 aliphatic carbocycles. The Bertz CT molecular complexity index is 1050. The van der Waals surface area contributed by atoms with Gasteiger partial charge in [0.1, 0.15) is 10.8 Å². The smallest absolute Gasteiger partial charge is 0.379 e. The number of amidine groups is 2. The van der Waals surface area contributed by atoms with Gasteiger partial charge in [-0.1, -0.05) is 19.1 Å². The standard InChI is InChI=1S/C19H14N4O4S/c1-2-15-22-23-16(20)13(17(24)21-19(23)28-15)10-11-5-7-12(8-6-11)27-18(25)14-4-3-9-26-14/h3-10,20H,2H2,1H3/b13-10-,20-16?. The van der Waals surface area contributed by atoms with Crippen LogP contribution in [0.5, 0.6) is 5.75 Å². The van der Waals surface area contributed by atoms with Crippen molar-refractivity contribution in [3.05, 3.63) is 59.6 Å². The van der Waals surface area contributed by atoms with Gasteiger partial charge in [0.2, 0.25) is 10.9 Å². The number of ether oxygens (including phenoxy) is 1. The number of nitrogens with zero attached hydrogens (tertiary/aromatic N) is 3. The third-order valence-corrected chi connectivity index (χ3v) is 4.98. The fourth-order valence-corrected chi connectivity index (χ4v) is 3.35. The van der Waals surface area contributed by atoms with Crippen molar-refractivity contribution in [2.75, 3.05) is 0 Å². The number of hydrogen-bond acceptors (Lipinski definition) is 7. The molecule has 8 nitrogen and oxygen atoms in total. The zero-order valence-electron chi connectivity index (χ0n) is 14.7. The van der Waals surface area contributed by atoms with Crippen LogP contribution in [0.2, 0.25) is 0 Å². The molecule has 0 unspecified atom stereocenters. The molecule has 2 aliphatic rings. The van der Waals surface area contributed by atoms with Crippen LogP contribution in [-0.4, -0.2) is 32.9 Å². The molecular weight excluding hydrogens is 380 g/mol. The number of rotatable bonds is 4. The highest BCUT2D eigenvalue weighted by atomic mass is 32.2. The number of carbonyl (C=O) groups excluding carboxylic acids is 2. The molecule has 2 aliphatic heterocycles. The largest absolute Gasteiger partial charge is 0.457 e. The maximum Gasteiger partial charge on any atom is 0.379 e. The predicted molar refractivity (Wildman–Crippen MR) is 105 cm³/mol. The minimum Gasteiger partial charge on any atom is -0.457 e. The van der Waals surface area contributed by atoms with Gasteiger partial charge in [-0.3, -0.25) is 10.2 Å². The van der Waals surface area contributed by atoms with E-state index >= 15 is 0 Å². The number of esters is 1. The Morgan fingerprint density at radius 3 is 2.79 bits per heavy atom. The van der Waals surface area contributed by atoms with E-state index in [0.29, 0.717) is 22.9 Å². The zero-order chi connectivity index (χ0) is 19.7. The van der Waals surface area contributed by atoms with Crippen molar-refractivity contribution >= 4 is 45.8 Å². The summed E-state index contributed by atoms with van der Waals surface area (Å²) in [5.74, 6) is -0.652. The lowest BCUT2D eigenvalue weighted by Crippen LogP contribution is -2.35. The van der Waals surface area contributed by atoms with Crippen molar-refractivity contribution in [1.29, 1.82) is 5.41 Å². The number of fused-ring (bicyclic) bond motifs is 1. The summed E-state index contributed by atoms with van der Waals surface area (Å²) in [6.45, 7) is 1.95. The second-order valence-electron chi connectivity index (χ2n) is 5.80. The highest BCUT2D eigenvalue weighted by molar-refractivity contribution is 8.26. The van der Waals surface area contributed by atoms with Crippen molar-refractivity contribution in [3.8, 4) is 5.75 Å². The normalized spacial score (nSPS) is 17.5.